The molecule has 20 heavy (non-hydrogen) atoms. The van der Waals surface area contributed by atoms with Crippen molar-refractivity contribution in [1.82, 2.24) is 9.97 Å². The first-order valence-corrected chi connectivity index (χ1v) is 6.97. The van der Waals surface area contributed by atoms with Crippen LogP contribution in [-0.2, 0) is 0 Å². The zero-order valence-corrected chi connectivity index (χ0v) is 11.2. The molecule has 1 fully saturated rings. The molecule has 0 amide bonds. The largest absolute Gasteiger partial charge is 0.341 e. The van der Waals surface area contributed by atoms with Gasteiger partial charge in [0, 0.05) is 24.8 Å². The van der Waals surface area contributed by atoms with Gasteiger partial charge in [0.1, 0.15) is 0 Å². The van der Waals surface area contributed by atoms with Crippen molar-refractivity contribution in [2.24, 2.45) is 0 Å². The van der Waals surface area contributed by atoms with Crippen LogP contribution < -0.4 is 4.90 Å². The second kappa shape index (κ2) is 4.60. The van der Waals surface area contributed by atoms with Crippen molar-refractivity contribution in [3.63, 3.8) is 0 Å². The summed E-state index contributed by atoms with van der Waals surface area (Å²) >= 11 is 0. The summed E-state index contributed by atoms with van der Waals surface area (Å²) < 4.78 is 0. The predicted molar refractivity (Wildman–Crippen MR) is 81.8 cm³/mol. The van der Waals surface area contributed by atoms with Crippen LogP contribution in [0, 0.1) is 0 Å². The van der Waals surface area contributed by atoms with E-state index in [0.29, 0.717) is 0 Å². The van der Waals surface area contributed by atoms with Crippen molar-refractivity contribution < 1.29 is 0 Å². The number of fused-ring (bicyclic) bond motifs is 1. The molecule has 0 N–H and O–H groups in total. The van der Waals surface area contributed by atoms with Crippen molar-refractivity contribution in [1.29, 1.82) is 0 Å². The minimum atomic E-state index is 0.849. The average molecular weight is 261 g/mol. The van der Waals surface area contributed by atoms with Crippen LogP contribution >= 0.6 is 0 Å². The molecule has 0 spiro atoms. The SMILES string of the molecule is c1ccc2cc(-c3ccnc(N4CCC4)n3)ccc2c1. The summed E-state index contributed by atoms with van der Waals surface area (Å²) in [6, 6.07) is 16.8. The molecule has 3 heteroatoms. The Bertz CT molecular complexity index is 763. The third-order valence-corrected chi connectivity index (χ3v) is 3.83. The third-order valence-electron chi connectivity index (χ3n) is 3.83. The van der Waals surface area contributed by atoms with Crippen LogP contribution in [0.3, 0.4) is 0 Å². The molecule has 0 saturated carbocycles. The normalized spacial score (nSPS) is 14.3. The van der Waals surface area contributed by atoms with E-state index < -0.39 is 0 Å². The third kappa shape index (κ3) is 1.92. The summed E-state index contributed by atoms with van der Waals surface area (Å²) in [7, 11) is 0. The van der Waals surface area contributed by atoms with Crippen LogP contribution in [0.5, 0.6) is 0 Å². The minimum absolute atomic E-state index is 0.849. The summed E-state index contributed by atoms with van der Waals surface area (Å²) in [5, 5.41) is 2.50. The molecule has 3 aromatic rings. The highest BCUT2D eigenvalue weighted by Gasteiger charge is 2.17. The molecule has 4 rings (SSSR count). The number of rotatable bonds is 2. The number of aromatic nitrogens is 2. The zero-order valence-electron chi connectivity index (χ0n) is 11.2. The molecule has 3 nitrogen and oxygen atoms in total. The van der Waals surface area contributed by atoms with Crippen molar-refractivity contribution >= 4 is 16.7 Å². The Labute approximate surface area is 117 Å². The van der Waals surface area contributed by atoms with E-state index in [1.807, 2.05) is 12.3 Å². The first-order valence-electron chi connectivity index (χ1n) is 6.97. The minimum Gasteiger partial charge on any atom is -0.341 e. The maximum absolute atomic E-state index is 4.69. The molecule has 1 aliphatic heterocycles. The van der Waals surface area contributed by atoms with E-state index >= 15 is 0 Å². The van der Waals surface area contributed by atoms with E-state index in [2.05, 4.69) is 57.3 Å². The Morgan fingerprint density at radius 3 is 2.55 bits per heavy atom. The lowest BCUT2D eigenvalue weighted by molar-refractivity contribution is 0.600. The number of hydrogen-bond acceptors (Lipinski definition) is 3. The van der Waals surface area contributed by atoms with Crippen molar-refractivity contribution in [3.05, 3.63) is 54.7 Å². The highest BCUT2D eigenvalue weighted by Crippen LogP contribution is 2.25. The predicted octanol–water partition coefficient (Wildman–Crippen LogP) is 3.51. The Morgan fingerprint density at radius 2 is 1.75 bits per heavy atom. The highest BCUT2D eigenvalue weighted by molar-refractivity contribution is 5.86. The second-order valence-electron chi connectivity index (χ2n) is 5.14. The van der Waals surface area contributed by atoms with Gasteiger partial charge < -0.3 is 4.90 Å². The zero-order chi connectivity index (χ0) is 13.4. The van der Waals surface area contributed by atoms with Gasteiger partial charge in [0.2, 0.25) is 5.95 Å². The molecular formula is C17H15N3. The van der Waals surface area contributed by atoms with E-state index in [1.54, 1.807) is 0 Å². The molecule has 0 radical (unpaired) electrons. The van der Waals surface area contributed by atoms with Crippen LogP contribution in [0.15, 0.2) is 54.7 Å². The number of hydrogen-bond donors (Lipinski definition) is 0. The van der Waals surface area contributed by atoms with E-state index in [1.165, 1.54) is 17.2 Å². The smallest absolute Gasteiger partial charge is 0.225 e. The standard InChI is InChI=1S/C17H15N3/c1-2-5-14-12-15(7-6-13(14)4-1)16-8-9-18-17(19-16)20-10-3-11-20/h1-2,4-9,12H,3,10-11H2. The topological polar surface area (TPSA) is 29.0 Å². The van der Waals surface area contributed by atoms with Gasteiger partial charge in [-0.25, -0.2) is 9.97 Å². The monoisotopic (exact) mass is 261 g/mol. The fraction of sp³-hybridized carbons (Fsp3) is 0.176. The van der Waals surface area contributed by atoms with Crippen molar-refractivity contribution in [2.45, 2.75) is 6.42 Å². The second-order valence-corrected chi connectivity index (χ2v) is 5.14. The van der Waals surface area contributed by atoms with Crippen LogP contribution in [0.2, 0.25) is 0 Å². The molecule has 1 aromatic heterocycles. The molecule has 0 atom stereocenters. The Hall–Kier alpha value is -2.42. The van der Waals surface area contributed by atoms with E-state index in [0.717, 1.165) is 30.3 Å². The van der Waals surface area contributed by atoms with Gasteiger partial charge in [-0.2, -0.15) is 0 Å². The lowest BCUT2D eigenvalue weighted by Gasteiger charge is -2.30. The van der Waals surface area contributed by atoms with E-state index in [4.69, 9.17) is 0 Å². The molecule has 1 saturated heterocycles. The van der Waals surface area contributed by atoms with E-state index in [9.17, 15) is 0 Å². The van der Waals surface area contributed by atoms with Gasteiger partial charge in [0.25, 0.3) is 0 Å². The average Bonchev–Trinajstić information content (AvgIpc) is 2.45. The van der Waals surface area contributed by atoms with Crippen LogP contribution in [0.25, 0.3) is 22.0 Å². The summed E-state index contributed by atoms with van der Waals surface area (Å²) in [5.41, 5.74) is 2.14. The maximum atomic E-state index is 4.69. The summed E-state index contributed by atoms with van der Waals surface area (Å²) in [6.07, 6.45) is 3.09. The van der Waals surface area contributed by atoms with Crippen molar-refractivity contribution in [3.8, 4) is 11.3 Å². The summed E-state index contributed by atoms with van der Waals surface area (Å²) in [5.74, 6) is 0.849. The van der Waals surface area contributed by atoms with Gasteiger partial charge in [-0.15, -0.1) is 0 Å². The van der Waals surface area contributed by atoms with Gasteiger partial charge in [-0.1, -0.05) is 36.4 Å². The summed E-state index contributed by atoms with van der Waals surface area (Å²) in [6.45, 7) is 2.14. The fourth-order valence-electron chi connectivity index (χ4n) is 2.53. The Morgan fingerprint density at radius 1 is 0.900 bits per heavy atom. The van der Waals surface area contributed by atoms with Crippen LogP contribution in [0.1, 0.15) is 6.42 Å². The number of anilines is 1. The number of nitrogens with zero attached hydrogens (tertiary/aromatic N) is 3. The van der Waals surface area contributed by atoms with Gasteiger partial charge in [-0.05, 0) is 29.3 Å². The first-order chi connectivity index (χ1) is 9.90. The van der Waals surface area contributed by atoms with Crippen molar-refractivity contribution in [2.75, 3.05) is 18.0 Å². The van der Waals surface area contributed by atoms with Crippen LogP contribution in [-0.4, -0.2) is 23.1 Å². The fourth-order valence-corrected chi connectivity index (χ4v) is 2.53. The Kier molecular flexibility index (Phi) is 2.62. The van der Waals surface area contributed by atoms with Gasteiger partial charge in [0.05, 0.1) is 5.69 Å². The molecular weight excluding hydrogens is 246 g/mol. The summed E-state index contributed by atoms with van der Waals surface area (Å²) in [4.78, 5) is 11.3. The Balaban J connectivity index is 1.77. The van der Waals surface area contributed by atoms with Crippen LogP contribution in [0.4, 0.5) is 5.95 Å². The molecule has 2 aromatic carbocycles. The quantitative estimate of drug-likeness (QED) is 0.707. The maximum Gasteiger partial charge on any atom is 0.225 e. The molecule has 0 unspecified atom stereocenters. The molecule has 0 bridgehead atoms. The lowest BCUT2D eigenvalue weighted by Crippen LogP contribution is -2.38. The van der Waals surface area contributed by atoms with Gasteiger partial charge in [0.15, 0.2) is 0 Å². The van der Waals surface area contributed by atoms with E-state index in [-0.39, 0.29) is 0 Å². The van der Waals surface area contributed by atoms with Gasteiger partial charge >= 0.3 is 0 Å². The highest BCUT2D eigenvalue weighted by atomic mass is 15.3. The number of benzene rings is 2. The first kappa shape index (κ1) is 11.4. The molecule has 2 heterocycles. The molecule has 0 aliphatic carbocycles. The molecule has 98 valence electrons. The lowest BCUT2D eigenvalue weighted by atomic mass is 10.1. The molecule has 1 aliphatic rings. The van der Waals surface area contributed by atoms with Gasteiger partial charge in [-0.3, -0.25) is 0 Å².